The second kappa shape index (κ2) is 9.51. The first-order chi connectivity index (χ1) is 17.6. The molecule has 3 heterocycles. The SMILES string of the molecule is [2H]C1([2H])N(Cc2ccc(CN3CC(=O)Nc4c(N)nc(OCCCC)nc43)cc2)C([2H])(C)C([2H])([2H])C1([2H])[2H]. The van der Waals surface area contributed by atoms with E-state index < -0.39 is 25.3 Å². The van der Waals surface area contributed by atoms with Gasteiger partial charge < -0.3 is 20.7 Å². The van der Waals surface area contributed by atoms with Crippen LogP contribution in [0.4, 0.5) is 17.3 Å². The molecular weight excluding hydrogens is 392 g/mol. The Morgan fingerprint density at radius 3 is 2.71 bits per heavy atom. The van der Waals surface area contributed by atoms with Crippen LogP contribution in [0.2, 0.25) is 0 Å². The van der Waals surface area contributed by atoms with E-state index in [4.69, 9.17) is 20.1 Å². The number of rotatable bonds is 8. The molecule has 2 aliphatic rings. The maximum Gasteiger partial charge on any atom is 0.320 e. The molecule has 1 unspecified atom stereocenters. The van der Waals surface area contributed by atoms with Gasteiger partial charge in [-0.05, 0) is 43.7 Å². The summed E-state index contributed by atoms with van der Waals surface area (Å²) in [5, 5.41) is 2.71. The summed E-state index contributed by atoms with van der Waals surface area (Å²) in [6.45, 7) is 1.15. The van der Waals surface area contributed by atoms with Crippen molar-refractivity contribution in [3.63, 3.8) is 0 Å². The number of carbonyl (C=O) groups is 1. The number of nitrogens with zero attached hydrogens (tertiary/aromatic N) is 4. The fraction of sp³-hybridized carbons (Fsp3) is 0.522. The van der Waals surface area contributed by atoms with Crippen LogP contribution in [0.1, 0.15) is 60.2 Å². The van der Waals surface area contributed by atoms with Crippen LogP contribution in [0, 0.1) is 0 Å². The molecule has 3 N–H and O–H groups in total. The van der Waals surface area contributed by atoms with Gasteiger partial charge in [-0.3, -0.25) is 9.69 Å². The lowest BCUT2D eigenvalue weighted by atomic mass is 10.1. The molecule has 1 amide bonds. The molecular formula is C23H32N6O2. The van der Waals surface area contributed by atoms with Gasteiger partial charge in [-0.2, -0.15) is 9.97 Å². The lowest BCUT2D eigenvalue weighted by Gasteiger charge is -2.30. The zero-order valence-electron chi connectivity index (χ0n) is 24.7. The van der Waals surface area contributed by atoms with E-state index >= 15 is 0 Å². The number of nitrogens with two attached hydrogens (primary N) is 1. The van der Waals surface area contributed by atoms with Crippen molar-refractivity contribution in [2.45, 2.75) is 58.5 Å². The van der Waals surface area contributed by atoms with Crippen molar-refractivity contribution in [1.82, 2.24) is 14.9 Å². The number of hydrogen-bond donors (Lipinski definition) is 2. The molecule has 0 spiro atoms. The van der Waals surface area contributed by atoms with Gasteiger partial charge in [-0.25, -0.2) is 0 Å². The van der Waals surface area contributed by atoms with Crippen molar-refractivity contribution in [2.24, 2.45) is 0 Å². The summed E-state index contributed by atoms with van der Waals surface area (Å²) in [6, 6.07) is 4.97. The minimum absolute atomic E-state index is 0.0367. The molecule has 1 aromatic carbocycles. The molecule has 1 atom stereocenters. The first-order valence-corrected chi connectivity index (χ1v) is 10.3. The highest BCUT2D eigenvalue weighted by Crippen LogP contribution is 2.34. The van der Waals surface area contributed by atoms with E-state index in [9.17, 15) is 4.79 Å². The van der Waals surface area contributed by atoms with E-state index in [1.54, 1.807) is 29.2 Å². The molecule has 2 aromatic rings. The fourth-order valence-electron chi connectivity index (χ4n) is 3.37. The molecule has 8 nitrogen and oxygen atoms in total. The van der Waals surface area contributed by atoms with Crippen molar-refractivity contribution in [3.05, 3.63) is 35.4 Å². The van der Waals surface area contributed by atoms with E-state index in [-0.39, 0.29) is 30.8 Å². The highest BCUT2D eigenvalue weighted by Gasteiger charge is 2.27. The first kappa shape index (κ1) is 14.2. The highest BCUT2D eigenvalue weighted by atomic mass is 16.5. The largest absolute Gasteiger partial charge is 0.463 e. The second-order valence-electron chi connectivity index (χ2n) is 7.55. The summed E-state index contributed by atoms with van der Waals surface area (Å²) < 4.78 is 63.0. The number of hydrogen-bond acceptors (Lipinski definition) is 7. The number of benzene rings is 1. The number of amides is 1. The van der Waals surface area contributed by atoms with E-state index in [0.717, 1.165) is 23.3 Å². The van der Waals surface area contributed by atoms with Crippen LogP contribution in [-0.2, 0) is 17.9 Å². The van der Waals surface area contributed by atoms with E-state index in [2.05, 4.69) is 15.3 Å². The number of ether oxygens (including phenoxy) is 1. The molecule has 31 heavy (non-hydrogen) atoms. The van der Waals surface area contributed by atoms with Gasteiger partial charge in [0.2, 0.25) is 5.91 Å². The maximum absolute atomic E-state index is 12.3. The monoisotopic (exact) mass is 431 g/mol. The number of likely N-dealkylation sites (tertiary alicyclic amines) is 1. The van der Waals surface area contributed by atoms with Crippen LogP contribution in [0.25, 0.3) is 0 Å². The standard InChI is InChI=1S/C23H32N6O2/c1-3-4-12-31-23-26-21(24)20-22(27-23)29(15-19(30)25-20)14-18-9-7-17(8-10-18)13-28-11-5-6-16(28)2/h7-10,16H,3-6,11-15H2,1-2H3,(H,25,30)(H2,24,26,27)/i5D2,6D2,11D2,16D. The summed E-state index contributed by atoms with van der Waals surface area (Å²) >= 11 is 0. The molecule has 0 aliphatic carbocycles. The maximum atomic E-state index is 12.3. The molecule has 0 radical (unpaired) electrons. The molecule has 166 valence electrons. The number of aromatic nitrogens is 2. The minimum atomic E-state index is -2.89. The Morgan fingerprint density at radius 2 is 2.03 bits per heavy atom. The summed E-state index contributed by atoms with van der Waals surface area (Å²) in [7, 11) is 0. The zero-order chi connectivity index (χ0) is 28.1. The van der Waals surface area contributed by atoms with Crippen LogP contribution >= 0.6 is 0 Å². The van der Waals surface area contributed by atoms with Crippen LogP contribution in [-0.4, -0.2) is 46.4 Å². The number of unbranched alkanes of at least 4 members (excludes halogenated alkanes) is 1. The predicted octanol–water partition coefficient (Wildman–Crippen LogP) is 3.18. The van der Waals surface area contributed by atoms with Gasteiger partial charge in [0.25, 0.3) is 0 Å². The van der Waals surface area contributed by atoms with Crippen molar-refractivity contribution < 1.29 is 19.1 Å². The summed E-state index contributed by atoms with van der Waals surface area (Å²) in [6.07, 6.45) is -3.85. The third-order valence-electron chi connectivity index (χ3n) is 5.10. The molecule has 2 aliphatic heterocycles. The fourth-order valence-corrected chi connectivity index (χ4v) is 3.37. The molecule has 0 bridgehead atoms. The summed E-state index contributed by atoms with van der Waals surface area (Å²) in [5.74, 6) is 0.277. The van der Waals surface area contributed by atoms with Crippen molar-refractivity contribution in [1.29, 1.82) is 0 Å². The van der Waals surface area contributed by atoms with Gasteiger partial charge in [-0.15, -0.1) is 0 Å². The highest BCUT2D eigenvalue weighted by molar-refractivity contribution is 6.03. The Bertz CT molecular complexity index is 1180. The van der Waals surface area contributed by atoms with Gasteiger partial charge in [-0.1, -0.05) is 37.6 Å². The van der Waals surface area contributed by atoms with Crippen LogP contribution in [0.5, 0.6) is 6.01 Å². The van der Waals surface area contributed by atoms with E-state index in [1.807, 2.05) is 6.92 Å². The van der Waals surface area contributed by atoms with Crippen molar-refractivity contribution in [2.75, 3.05) is 35.6 Å². The van der Waals surface area contributed by atoms with Gasteiger partial charge in [0.15, 0.2) is 11.6 Å². The van der Waals surface area contributed by atoms with E-state index in [0.29, 0.717) is 30.2 Å². The van der Waals surface area contributed by atoms with Crippen LogP contribution in [0.15, 0.2) is 24.3 Å². The third-order valence-corrected chi connectivity index (χ3v) is 5.10. The molecule has 1 fully saturated rings. The third kappa shape index (κ3) is 5.07. The normalized spacial score (nSPS) is 29.3. The van der Waals surface area contributed by atoms with Crippen molar-refractivity contribution in [3.8, 4) is 6.01 Å². The lowest BCUT2D eigenvalue weighted by Crippen LogP contribution is -2.39. The Balaban J connectivity index is 1.54. The second-order valence-corrected chi connectivity index (χ2v) is 7.55. The Labute approximate surface area is 193 Å². The van der Waals surface area contributed by atoms with Crippen LogP contribution in [0.3, 0.4) is 0 Å². The first-order valence-electron chi connectivity index (χ1n) is 13.8. The average molecular weight is 432 g/mol. The molecule has 1 saturated heterocycles. The van der Waals surface area contributed by atoms with Crippen molar-refractivity contribution >= 4 is 23.2 Å². The molecule has 0 saturated carbocycles. The zero-order valence-corrected chi connectivity index (χ0v) is 17.7. The quantitative estimate of drug-likeness (QED) is 0.620. The van der Waals surface area contributed by atoms with E-state index in [1.165, 1.54) is 6.92 Å². The van der Waals surface area contributed by atoms with Gasteiger partial charge in [0.05, 0.1) is 13.2 Å². The summed E-state index contributed by atoms with van der Waals surface area (Å²) in [4.78, 5) is 23.6. The topological polar surface area (TPSA) is 96.6 Å². The van der Waals surface area contributed by atoms with Crippen LogP contribution < -0.4 is 20.7 Å². The Morgan fingerprint density at radius 1 is 1.29 bits per heavy atom. The predicted molar refractivity (Wildman–Crippen MR) is 122 cm³/mol. The summed E-state index contributed by atoms with van der Waals surface area (Å²) in [5.41, 5.74) is 7.77. The molecule has 4 rings (SSSR count). The van der Waals surface area contributed by atoms with Gasteiger partial charge >= 0.3 is 6.01 Å². The number of nitrogen functional groups attached to an aromatic ring is 1. The molecule has 8 heteroatoms. The number of nitrogens with one attached hydrogen (secondary N) is 1. The average Bonchev–Trinajstić information content (AvgIpc) is 2.89. The Kier molecular flexibility index (Phi) is 4.37. The Hall–Kier alpha value is -2.87. The molecule has 1 aromatic heterocycles. The number of anilines is 3. The smallest absolute Gasteiger partial charge is 0.320 e. The minimum Gasteiger partial charge on any atom is -0.463 e. The number of fused-ring (bicyclic) bond motifs is 1. The lowest BCUT2D eigenvalue weighted by molar-refractivity contribution is -0.115. The number of carbonyl (C=O) groups excluding carboxylic acids is 1. The van der Waals surface area contributed by atoms with Gasteiger partial charge in [0.1, 0.15) is 5.69 Å². The van der Waals surface area contributed by atoms with Gasteiger partial charge in [0, 0.05) is 28.7 Å².